The predicted octanol–water partition coefficient (Wildman–Crippen LogP) is 3.09. The minimum atomic E-state index is -1.79. The highest BCUT2D eigenvalue weighted by Crippen LogP contribution is 2.61. The van der Waals surface area contributed by atoms with E-state index < -0.39 is 11.6 Å². The van der Waals surface area contributed by atoms with Crippen molar-refractivity contribution in [2.24, 2.45) is 11.8 Å². The number of carbonyl (C=O) groups excluding carboxylic acids is 1. The maximum Gasteiger partial charge on any atom is 0.347 e. The molecule has 0 amide bonds. The first-order valence-electron chi connectivity index (χ1n) is 10.3. The Labute approximate surface area is 166 Å². The fourth-order valence-electron chi connectivity index (χ4n) is 5.98. The summed E-state index contributed by atoms with van der Waals surface area (Å²) < 4.78 is 7.07. The van der Waals surface area contributed by atoms with Gasteiger partial charge in [0.15, 0.2) is 0 Å². The zero-order chi connectivity index (χ0) is 19.5. The zero-order valence-corrected chi connectivity index (χ0v) is 16.5. The van der Waals surface area contributed by atoms with E-state index in [9.17, 15) is 9.90 Å². The third kappa shape index (κ3) is 2.55. The summed E-state index contributed by atoms with van der Waals surface area (Å²) in [7, 11) is 4.65. The number of ether oxygens (including phenoxy) is 1. The molecule has 146 valence electrons. The highest BCUT2D eigenvalue weighted by atomic mass is 16.6. The number of hydrogen-bond acceptors (Lipinski definition) is 3. The summed E-state index contributed by atoms with van der Waals surface area (Å²) in [5, 5.41) is 11.6. The number of piperidine rings is 2. The van der Waals surface area contributed by atoms with Crippen LogP contribution in [0.4, 0.5) is 0 Å². The third-order valence-electron chi connectivity index (χ3n) is 7.55. The van der Waals surface area contributed by atoms with Gasteiger partial charge in [-0.05, 0) is 17.5 Å². The Hall–Kier alpha value is -2.17. The lowest BCUT2D eigenvalue weighted by Gasteiger charge is -2.46. The summed E-state index contributed by atoms with van der Waals surface area (Å²) in [5.74, 6) is 1.03. The van der Waals surface area contributed by atoms with Crippen molar-refractivity contribution in [1.29, 1.82) is 0 Å². The number of rotatable bonds is 4. The number of carbonyl (C=O) groups is 1. The second-order valence-electron chi connectivity index (χ2n) is 9.27. The molecule has 1 saturated carbocycles. The van der Waals surface area contributed by atoms with E-state index in [0.29, 0.717) is 23.2 Å². The quantitative estimate of drug-likeness (QED) is 0.657. The van der Waals surface area contributed by atoms with E-state index in [-0.39, 0.29) is 6.10 Å². The first kappa shape index (κ1) is 17.9. The van der Waals surface area contributed by atoms with E-state index in [1.54, 1.807) is 24.3 Å². The molecule has 1 N–H and O–H groups in total. The molecule has 0 radical (unpaired) electrons. The van der Waals surface area contributed by atoms with E-state index >= 15 is 0 Å². The molecule has 0 spiro atoms. The predicted molar refractivity (Wildman–Crippen MR) is 106 cm³/mol. The van der Waals surface area contributed by atoms with Crippen molar-refractivity contribution in [2.45, 2.75) is 43.1 Å². The molecule has 4 unspecified atom stereocenters. The fourth-order valence-corrected chi connectivity index (χ4v) is 5.98. The van der Waals surface area contributed by atoms with Crippen molar-refractivity contribution >= 4 is 5.97 Å². The van der Waals surface area contributed by atoms with Gasteiger partial charge in [0.25, 0.3) is 0 Å². The van der Waals surface area contributed by atoms with E-state index in [1.165, 1.54) is 6.42 Å². The molecule has 3 fully saturated rings. The molecule has 2 aliphatic heterocycles. The molecule has 28 heavy (non-hydrogen) atoms. The molecule has 4 nitrogen and oxygen atoms in total. The molecule has 0 aromatic heterocycles. The Balaban J connectivity index is 1.42. The number of quaternary nitrogens is 1. The van der Waals surface area contributed by atoms with Gasteiger partial charge in [0, 0.05) is 24.7 Å². The second kappa shape index (κ2) is 6.16. The summed E-state index contributed by atoms with van der Waals surface area (Å²) in [6.07, 6.45) is 3.03. The Morgan fingerprint density at radius 3 is 1.82 bits per heavy atom. The number of esters is 1. The lowest BCUT2D eigenvalue weighted by atomic mass is 9.86. The van der Waals surface area contributed by atoms with Gasteiger partial charge in [-0.3, -0.25) is 0 Å². The number of hydrogen-bond donors (Lipinski definition) is 1. The van der Waals surface area contributed by atoms with Crippen LogP contribution in [-0.2, 0) is 15.1 Å². The monoisotopic (exact) mass is 378 g/mol. The maximum absolute atomic E-state index is 13.3. The average Bonchev–Trinajstić information content (AvgIpc) is 3.47. The van der Waals surface area contributed by atoms with Gasteiger partial charge in [0.2, 0.25) is 5.60 Å². The number of fused-ring (bicyclic) bond motifs is 5. The van der Waals surface area contributed by atoms with Gasteiger partial charge in [-0.15, -0.1) is 0 Å². The van der Waals surface area contributed by atoms with E-state index in [0.717, 1.165) is 29.2 Å². The van der Waals surface area contributed by atoms with Crippen LogP contribution in [0.3, 0.4) is 0 Å². The van der Waals surface area contributed by atoms with Crippen molar-refractivity contribution in [1.82, 2.24) is 0 Å². The standard InChI is InChI=1S/C24H28NO3/c1-25(2)21-13-18(14-22(25)20-15-19(20)21)28-23(26)24(27,16-9-5-3-6-10-16)17-11-7-4-8-12-17/h3-12,18-22,27H,13-15H2,1-2H3/q+1. The Morgan fingerprint density at radius 1 is 0.893 bits per heavy atom. The summed E-state index contributed by atoms with van der Waals surface area (Å²) >= 11 is 0. The van der Waals surface area contributed by atoms with Gasteiger partial charge < -0.3 is 14.3 Å². The highest BCUT2D eigenvalue weighted by Gasteiger charge is 2.68. The van der Waals surface area contributed by atoms with Crippen LogP contribution in [0.15, 0.2) is 60.7 Å². The SMILES string of the molecule is C[N+]1(C)C2CC(OC(=O)C(O)(c3ccccc3)c3ccccc3)CC1C1CC12. The molecular formula is C24H28NO3+. The summed E-state index contributed by atoms with van der Waals surface area (Å²) in [5.41, 5.74) is -0.695. The minimum Gasteiger partial charge on any atom is -0.459 e. The first-order valence-corrected chi connectivity index (χ1v) is 10.3. The summed E-state index contributed by atoms with van der Waals surface area (Å²) in [4.78, 5) is 13.3. The second-order valence-corrected chi connectivity index (χ2v) is 9.27. The molecule has 2 saturated heterocycles. The van der Waals surface area contributed by atoms with Crippen LogP contribution in [0.25, 0.3) is 0 Å². The van der Waals surface area contributed by atoms with Gasteiger partial charge in [-0.25, -0.2) is 4.79 Å². The first-order chi connectivity index (χ1) is 13.4. The highest BCUT2D eigenvalue weighted by molar-refractivity contribution is 5.85. The van der Waals surface area contributed by atoms with Gasteiger partial charge in [0.05, 0.1) is 26.2 Å². The smallest absolute Gasteiger partial charge is 0.347 e. The van der Waals surface area contributed by atoms with Crippen molar-refractivity contribution in [3.05, 3.63) is 71.8 Å². The van der Waals surface area contributed by atoms with Gasteiger partial charge >= 0.3 is 5.97 Å². The molecule has 2 aromatic carbocycles. The van der Waals surface area contributed by atoms with Crippen LogP contribution in [0.1, 0.15) is 30.4 Å². The van der Waals surface area contributed by atoms with Crippen LogP contribution in [0.5, 0.6) is 0 Å². The van der Waals surface area contributed by atoms with Gasteiger partial charge in [-0.1, -0.05) is 60.7 Å². The van der Waals surface area contributed by atoms with Crippen molar-refractivity contribution < 1.29 is 19.1 Å². The van der Waals surface area contributed by atoms with E-state index in [1.807, 2.05) is 36.4 Å². The van der Waals surface area contributed by atoms with Crippen LogP contribution >= 0.6 is 0 Å². The van der Waals surface area contributed by atoms with Crippen LogP contribution in [0, 0.1) is 11.8 Å². The summed E-state index contributed by atoms with van der Waals surface area (Å²) in [6.45, 7) is 0. The molecular weight excluding hydrogens is 350 g/mol. The summed E-state index contributed by atoms with van der Waals surface area (Å²) in [6, 6.07) is 19.4. The van der Waals surface area contributed by atoms with E-state index in [4.69, 9.17) is 4.74 Å². The van der Waals surface area contributed by atoms with Crippen LogP contribution in [0.2, 0.25) is 0 Å². The molecule has 4 atom stereocenters. The number of aliphatic hydroxyl groups is 1. The average molecular weight is 378 g/mol. The Kier molecular flexibility index (Phi) is 3.94. The molecule has 2 bridgehead atoms. The fraction of sp³-hybridized carbons (Fsp3) is 0.458. The van der Waals surface area contributed by atoms with Crippen molar-refractivity contribution in [3.8, 4) is 0 Å². The molecule has 4 heteroatoms. The third-order valence-corrected chi connectivity index (χ3v) is 7.55. The van der Waals surface area contributed by atoms with Crippen molar-refractivity contribution in [2.75, 3.05) is 14.1 Å². The molecule has 3 aliphatic rings. The molecule has 2 aromatic rings. The number of benzene rings is 2. The molecule has 1 aliphatic carbocycles. The molecule has 5 rings (SSSR count). The minimum absolute atomic E-state index is 0.111. The maximum atomic E-state index is 13.3. The van der Waals surface area contributed by atoms with E-state index in [2.05, 4.69) is 14.1 Å². The Bertz CT molecular complexity index is 820. The van der Waals surface area contributed by atoms with Gasteiger partial charge in [0.1, 0.15) is 6.10 Å². The largest absolute Gasteiger partial charge is 0.459 e. The molecule has 2 heterocycles. The van der Waals surface area contributed by atoms with Gasteiger partial charge in [-0.2, -0.15) is 0 Å². The Morgan fingerprint density at radius 2 is 1.36 bits per heavy atom. The van der Waals surface area contributed by atoms with Crippen molar-refractivity contribution in [3.63, 3.8) is 0 Å². The topological polar surface area (TPSA) is 46.5 Å². The lowest BCUT2D eigenvalue weighted by molar-refractivity contribution is -0.937. The normalized spacial score (nSPS) is 32.5. The van der Waals surface area contributed by atoms with Crippen LogP contribution < -0.4 is 0 Å². The lowest BCUT2D eigenvalue weighted by Crippen LogP contribution is -2.59. The van der Waals surface area contributed by atoms with Crippen LogP contribution in [-0.4, -0.2) is 47.8 Å². The zero-order valence-electron chi connectivity index (χ0n) is 16.5. The number of nitrogens with zero attached hydrogens (tertiary/aromatic N) is 1.